The minimum atomic E-state index is -0.655. The van der Waals surface area contributed by atoms with Crippen LogP contribution in [0.15, 0.2) is 54.9 Å². The predicted molar refractivity (Wildman–Crippen MR) is 148 cm³/mol. The zero-order valence-corrected chi connectivity index (χ0v) is 22.5. The Bertz CT molecular complexity index is 1420. The molecule has 1 aliphatic rings. The smallest absolute Gasteiger partial charge is 0.419 e. The van der Waals surface area contributed by atoms with E-state index < -0.39 is 11.7 Å². The second kappa shape index (κ2) is 10.9. The van der Waals surface area contributed by atoms with E-state index in [1.165, 1.54) is 24.8 Å². The molecular weight excluding hydrogens is 478 g/mol. The summed E-state index contributed by atoms with van der Waals surface area (Å²) in [6, 6.07) is 14.5. The summed E-state index contributed by atoms with van der Waals surface area (Å²) in [5, 5.41) is 13.2. The second-order valence-electron chi connectivity index (χ2n) is 10.8. The summed E-state index contributed by atoms with van der Waals surface area (Å²) in [6.07, 6.45) is 8.74. The maximum atomic E-state index is 13.6. The van der Waals surface area contributed by atoms with Crippen molar-refractivity contribution in [3.63, 3.8) is 0 Å². The first-order chi connectivity index (χ1) is 18.3. The molecule has 1 fully saturated rings. The van der Waals surface area contributed by atoms with Crippen LogP contribution in [0.2, 0.25) is 0 Å². The minimum Gasteiger partial charge on any atom is -0.479 e. The highest BCUT2D eigenvalue weighted by Crippen LogP contribution is 2.36. The van der Waals surface area contributed by atoms with Crippen LogP contribution in [0.3, 0.4) is 0 Å². The number of methoxy groups -OCH3 is 1. The number of rotatable bonds is 6. The highest BCUT2D eigenvalue weighted by atomic mass is 16.6. The molecule has 1 saturated heterocycles. The first-order valence-electron chi connectivity index (χ1n) is 13.3. The molecule has 3 aromatic heterocycles. The molecule has 0 bridgehead atoms. The van der Waals surface area contributed by atoms with Crippen LogP contribution in [-0.4, -0.2) is 51.1 Å². The lowest BCUT2D eigenvalue weighted by Crippen LogP contribution is -2.34. The first-order valence-corrected chi connectivity index (χ1v) is 13.3. The van der Waals surface area contributed by atoms with Gasteiger partial charge in [0.2, 0.25) is 5.88 Å². The summed E-state index contributed by atoms with van der Waals surface area (Å²) >= 11 is 0. The average molecular weight is 514 g/mol. The fourth-order valence-electron chi connectivity index (χ4n) is 4.99. The van der Waals surface area contributed by atoms with E-state index in [1.54, 1.807) is 24.1 Å². The summed E-state index contributed by atoms with van der Waals surface area (Å²) in [5.41, 5.74) is 4.16. The number of carbonyl (C=O) groups is 1. The van der Waals surface area contributed by atoms with Crippen LogP contribution in [0.4, 0.5) is 4.79 Å². The Morgan fingerprint density at radius 3 is 2.61 bits per heavy atom. The molecule has 4 aromatic rings. The Labute approximate surface area is 223 Å². The normalized spacial score (nSPS) is 15.9. The van der Waals surface area contributed by atoms with Gasteiger partial charge in [-0.2, -0.15) is 0 Å². The number of pyridine rings is 1. The zero-order chi connectivity index (χ0) is 26.7. The third kappa shape index (κ3) is 5.70. The van der Waals surface area contributed by atoms with Gasteiger partial charge in [-0.15, -0.1) is 10.2 Å². The quantitative estimate of drug-likeness (QED) is 0.337. The van der Waals surface area contributed by atoms with Crippen molar-refractivity contribution in [2.24, 2.45) is 0 Å². The molecule has 0 radical (unpaired) electrons. The van der Waals surface area contributed by atoms with E-state index in [0.29, 0.717) is 28.9 Å². The van der Waals surface area contributed by atoms with Crippen molar-refractivity contribution in [3.05, 3.63) is 60.4 Å². The van der Waals surface area contributed by atoms with E-state index in [9.17, 15) is 4.79 Å². The molecule has 0 spiro atoms. The van der Waals surface area contributed by atoms with Crippen LogP contribution in [0, 0.1) is 0 Å². The Morgan fingerprint density at radius 1 is 1.08 bits per heavy atom. The van der Waals surface area contributed by atoms with Gasteiger partial charge in [-0.05, 0) is 88.9 Å². The summed E-state index contributed by atoms with van der Waals surface area (Å²) in [5.74, 6) is 0.332. The second-order valence-corrected chi connectivity index (χ2v) is 10.8. The molecule has 1 atom stereocenters. The van der Waals surface area contributed by atoms with Crippen LogP contribution < -0.4 is 10.1 Å². The van der Waals surface area contributed by atoms with Crippen molar-refractivity contribution in [3.8, 4) is 28.4 Å². The number of aromatic nitrogens is 4. The number of piperidine rings is 1. The van der Waals surface area contributed by atoms with Crippen molar-refractivity contribution in [2.45, 2.75) is 64.5 Å². The number of nitrogens with one attached hydrogen (secondary N) is 1. The van der Waals surface area contributed by atoms with Gasteiger partial charge in [-0.25, -0.2) is 9.36 Å². The van der Waals surface area contributed by atoms with Crippen LogP contribution in [0.5, 0.6) is 5.88 Å². The third-order valence-corrected chi connectivity index (χ3v) is 6.84. The van der Waals surface area contributed by atoms with E-state index in [4.69, 9.17) is 9.47 Å². The topological polar surface area (TPSA) is 91.2 Å². The summed E-state index contributed by atoms with van der Waals surface area (Å²) in [7, 11) is 1.55. The van der Waals surface area contributed by atoms with E-state index in [2.05, 4.69) is 38.7 Å². The lowest BCUT2D eigenvalue weighted by Gasteiger charge is -2.23. The number of hydrogen-bond acceptors (Lipinski definition) is 7. The first kappa shape index (κ1) is 25.9. The van der Waals surface area contributed by atoms with Gasteiger partial charge in [0.05, 0.1) is 29.6 Å². The number of benzene rings is 1. The van der Waals surface area contributed by atoms with Gasteiger partial charge in [0, 0.05) is 29.4 Å². The molecule has 8 nitrogen and oxygen atoms in total. The van der Waals surface area contributed by atoms with Crippen molar-refractivity contribution in [1.29, 1.82) is 0 Å². The molecule has 1 N–H and O–H groups in total. The van der Waals surface area contributed by atoms with Gasteiger partial charge < -0.3 is 14.8 Å². The van der Waals surface area contributed by atoms with Gasteiger partial charge in [0.25, 0.3) is 0 Å². The Balaban J connectivity index is 1.60. The third-order valence-electron chi connectivity index (χ3n) is 6.84. The van der Waals surface area contributed by atoms with E-state index in [-0.39, 0.29) is 0 Å². The van der Waals surface area contributed by atoms with Gasteiger partial charge >= 0.3 is 6.09 Å². The number of carbonyl (C=O) groups excluding carboxylic acids is 1. The highest BCUT2D eigenvalue weighted by Gasteiger charge is 2.25. The molecule has 1 aromatic carbocycles. The van der Waals surface area contributed by atoms with Crippen molar-refractivity contribution in [2.75, 3.05) is 13.7 Å². The molecule has 0 saturated carbocycles. The van der Waals surface area contributed by atoms with E-state index in [0.717, 1.165) is 35.9 Å². The lowest BCUT2D eigenvalue weighted by atomic mass is 9.97. The molecule has 198 valence electrons. The van der Waals surface area contributed by atoms with Gasteiger partial charge in [0.1, 0.15) is 5.60 Å². The Hall–Kier alpha value is -3.78. The largest absolute Gasteiger partial charge is 0.479 e. The summed E-state index contributed by atoms with van der Waals surface area (Å²) in [4.78, 5) is 17.7. The molecule has 0 aliphatic carbocycles. The highest BCUT2D eigenvalue weighted by molar-refractivity contribution is 5.97. The van der Waals surface area contributed by atoms with Crippen LogP contribution in [-0.2, 0) is 11.2 Å². The van der Waals surface area contributed by atoms with Crippen molar-refractivity contribution < 1.29 is 14.3 Å². The predicted octanol–water partition coefficient (Wildman–Crippen LogP) is 6.03. The molecule has 8 heteroatoms. The molecular formula is C30H35N5O3. The average Bonchev–Trinajstić information content (AvgIpc) is 3.30. The number of ether oxygens (including phenoxy) is 2. The van der Waals surface area contributed by atoms with Gasteiger partial charge in [-0.3, -0.25) is 4.98 Å². The minimum absolute atomic E-state index is 0.332. The van der Waals surface area contributed by atoms with Crippen LogP contribution >= 0.6 is 0 Å². The van der Waals surface area contributed by atoms with E-state index in [1.807, 2.05) is 45.0 Å². The molecule has 0 amide bonds. The molecule has 1 unspecified atom stereocenters. The maximum absolute atomic E-state index is 13.6. The molecule has 1 aliphatic heterocycles. The summed E-state index contributed by atoms with van der Waals surface area (Å²) in [6.45, 7) is 6.71. The van der Waals surface area contributed by atoms with Crippen LogP contribution in [0.25, 0.3) is 33.4 Å². The molecule has 5 rings (SSSR count). The Kier molecular flexibility index (Phi) is 7.42. The Morgan fingerprint density at radius 2 is 1.89 bits per heavy atom. The lowest BCUT2D eigenvalue weighted by molar-refractivity contribution is 0.0547. The maximum Gasteiger partial charge on any atom is 0.419 e. The van der Waals surface area contributed by atoms with Crippen molar-refractivity contribution >= 4 is 17.0 Å². The van der Waals surface area contributed by atoms with Crippen LogP contribution in [0.1, 0.15) is 52.0 Å². The standard InChI is InChI=1S/C30H35N5O3/c1-30(2,3)38-29(36)35-26-17-20(9-11-23-7-5-6-14-32-23)8-10-22(26)18-27(35)24-19-25(33-34-28(24)37-4)21-12-15-31-16-13-21/h8,10,12-13,15-19,23,32H,5-7,9,11,14H2,1-4H3. The van der Waals surface area contributed by atoms with Gasteiger partial charge in [-0.1, -0.05) is 18.6 Å². The zero-order valence-electron chi connectivity index (χ0n) is 22.5. The van der Waals surface area contributed by atoms with E-state index >= 15 is 0 Å². The van der Waals surface area contributed by atoms with Crippen molar-refractivity contribution in [1.82, 2.24) is 25.1 Å². The number of fused-ring (bicyclic) bond motifs is 1. The molecule has 38 heavy (non-hydrogen) atoms. The monoisotopic (exact) mass is 513 g/mol. The fourth-order valence-corrected chi connectivity index (χ4v) is 4.99. The fraction of sp³-hybridized carbons (Fsp3) is 0.400. The summed E-state index contributed by atoms with van der Waals surface area (Å²) < 4.78 is 13.1. The molecule has 4 heterocycles. The van der Waals surface area contributed by atoms with Gasteiger partial charge in [0.15, 0.2) is 0 Å². The SMILES string of the molecule is COc1nnc(-c2ccncc2)cc1-c1cc2ccc(CCC3CCCCN3)cc2n1C(=O)OC(C)(C)C. The number of aryl methyl sites for hydroxylation is 1. The number of hydrogen-bond donors (Lipinski definition) is 1. The number of nitrogens with zero attached hydrogens (tertiary/aromatic N) is 4.